The summed E-state index contributed by atoms with van der Waals surface area (Å²) in [4.78, 5) is -0.143. The van der Waals surface area contributed by atoms with E-state index in [1.165, 1.54) is 6.07 Å². The second kappa shape index (κ2) is 5.58. The lowest BCUT2D eigenvalue weighted by Crippen LogP contribution is -2.31. The van der Waals surface area contributed by atoms with Crippen LogP contribution in [0.4, 0.5) is 0 Å². The van der Waals surface area contributed by atoms with Gasteiger partial charge in [-0.05, 0) is 31.9 Å². The Morgan fingerprint density at radius 2 is 1.89 bits per heavy atom. The number of nitrogens with one attached hydrogen (secondary N) is 1. The summed E-state index contributed by atoms with van der Waals surface area (Å²) in [6.45, 7) is 5.30. The minimum Gasteiger partial charge on any atom is -0.508 e. The number of aromatic hydroxyl groups is 2. The summed E-state index contributed by atoms with van der Waals surface area (Å²) >= 11 is 0. The molecule has 1 rings (SSSR count). The summed E-state index contributed by atoms with van der Waals surface area (Å²) in [5.74, 6) is -0.564. The van der Waals surface area contributed by atoms with Crippen LogP contribution in [-0.2, 0) is 16.4 Å². The smallest absolute Gasteiger partial charge is 0.244 e. The quantitative estimate of drug-likeness (QED) is 0.762. The van der Waals surface area contributed by atoms with Crippen LogP contribution in [0.3, 0.4) is 0 Å². The summed E-state index contributed by atoms with van der Waals surface area (Å²) in [7, 11) is -3.77. The van der Waals surface area contributed by atoms with E-state index in [0.29, 0.717) is 18.4 Å². The van der Waals surface area contributed by atoms with Gasteiger partial charge in [0, 0.05) is 12.1 Å². The Balaban J connectivity index is 3.38. The molecule has 0 radical (unpaired) electrons. The molecule has 0 amide bonds. The van der Waals surface area contributed by atoms with Gasteiger partial charge in [-0.2, -0.15) is 0 Å². The molecule has 102 valence electrons. The molecular weight excluding hydrogens is 254 g/mol. The first-order valence-electron chi connectivity index (χ1n) is 5.85. The minimum atomic E-state index is -3.77. The molecule has 0 aromatic heterocycles. The third-order valence-corrected chi connectivity index (χ3v) is 4.10. The topological polar surface area (TPSA) is 86.6 Å². The van der Waals surface area contributed by atoms with E-state index >= 15 is 0 Å². The third kappa shape index (κ3) is 3.36. The second-order valence-electron chi connectivity index (χ2n) is 4.48. The zero-order valence-electron chi connectivity index (χ0n) is 10.8. The normalized spacial score (nSPS) is 12.0. The highest BCUT2D eigenvalue weighted by Gasteiger charge is 2.24. The molecule has 0 unspecified atom stereocenters. The molecule has 0 aliphatic carbocycles. The van der Waals surface area contributed by atoms with Crippen LogP contribution in [0, 0.1) is 0 Å². The fourth-order valence-corrected chi connectivity index (χ4v) is 3.37. The molecule has 0 aliphatic rings. The van der Waals surface area contributed by atoms with Gasteiger partial charge in [0.15, 0.2) is 0 Å². The average molecular weight is 273 g/mol. The maximum atomic E-state index is 12.1. The number of rotatable bonds is 5. The van der Waals surface area contributed by atoms with Gasteiger partial charge in [0.1, 0.15) is 16.4 Å². The van der Waals surface area contributed by atoms with Crippen molar-refractivity contribution in [3.63, 3.8) is 0 Å². The lowest BCUT2D eigenvalue weighted by atomic mass is 10.1. The molecule has 0 heterocycles. The Kier molecular flexibility index (Phi) is 4.59. The summed E-state index contributed by atoms with van der Waals surface area (Å²) in [5, 5.41) is 19.2. The fourth-order valence-electron chi connectivity index (χ4n) is 1.79. The predicted octanol–water partition coefficient (Wildman–Crippen LogP) is 1.74. The summed E-state index contributed by atoms with van der Waals surface area (Å²) < 4.78 is 26.7. The van der Waals surface area contributed by atoms with Gasteiger partial charge in [-0.15, -0.1) is 0 Å². The van der Waals surface area contributed by atoms with Gasteiger partial charge in [-0.1, -0.05) is 13.3 Å². The molecule has 0 spiro atoms. The molecule has 0 saturated heterocycles. The van der Waals surface area contributed by atoms with Crippen LogP contribution >= 0.6 is 0 Å². The lowest BCUT2D eigenvalue weighted by Gasteiger charge is -2.15. The maximum absolute atomic E-state index is 12.1. The van der Waals surface area contributed by atoms with Crippen molar-refractivity contribution in [3.05, 3.63) is 17.7 Å². The predicted molar refractivity (Wildman–Crippen MR) is 69.2 cm³/mol. The van der Waals surface area contributed by atoms with E-state index in [0.717, 1.165) is 6.07 Å². The zero-order valence-corrected chi connectivity index (χ0v) is 11.6. The molecular formula is C12H19NO4S. The van der Waals surface area contributed by atoms with Crippen LogP contribution in [-0.4, -0.2) is 24.7 Å². The number of sulfonamides is 1. The first kappa shape index (κ1) is 14.8. The number of aryl methyl sites for hydroxylation is 1. The van der Waals surface area contributed by atoms with Gasteiger partial charge in [-0.3, -0.25) is 0 Å². The number of benzene rings is 1. The number of phenols is 2. The van der Waals surface area contributed by atoms with Crippen LogP contribution in [0.2, 0.25) is 0 Å². The molecule has 0 saturated carbocycles. The number of phenolic OH excluding ortho intramolecular Hbond substituents is 2. The van der Waals surface area contributed by atoms with Crippen molar-refractivity contribution in [1.82, 2.24) is 4.72 Å². The summed E-state index contributed by atoms with van der Waals surface area (Å²) in [5.41, 5.74) is 0.420. The van der Waals surface area contributed by atoms with E-state index in [9.17, 15) is 18.6 Å². The largest absolute Gasteiger partial charge is 0.508 e. The molecule has 18 heavy (non-hydrogen) atoms. The molecule has 0 atom stereocenters. The first-order chi connectivity index (χ1) is 8.27. The number of hydrogen-bond donors (Lipinski definition) is 3. The molecule has 3 N–H and O–H groups in total. The van der Waals surface area contributed by atoms with Gasteiger partial charge in [-0.25, -0.2) is 13.1 Å². The summed E-state index contributed by atoms with van der Waals surface area (Å²) in [6, 6.07) is 2.14. The van der Waals surface area contributed by atoms with Gasteiger partial charge >= 0.3 is 0 Å². The molecule has 5 nitrogen and oxygen atoms in total. The van der Waals surface area contributed by atoms with Crippen molar-refractivity contribution in [2.75, 3.05) is 0 Å². The number of hydrogen-bond acceptors (Lipinski definition) is 4. The van der Waals surface area contributed by atoms with Crippen molar-refractivity contribution in [2.45, 2.75) is 44.6 Å². The van der Waals surface area contributed by atoms with Gasteiger partial charge in [0.2, 0.25) is 10.0 Å². The van der Waals surface area contributed by atoms with Crippen LogP contribution < -0.4 is 4.72 Å². The van der Waals surface area contributed by atoms with Crippen LogP contribution in [0.5, 0.6) is 11.5 Å². The standard InChI is InChI=1S/C12H19NO4S/c1-4-5-9-6-10(14)7-11(15)12(9)18(16,17)13-8(2)3/h6-8,13-15H,4-5H2,1-3H3. The van der Waals surface area contributed by atoms with Crippen molar-refractivity contribution >= 4 is 10.0 Å². The first-order valence-corrected chi connectivity index (χ1v) is 7.33. The Bertz CT molecular complexity index is 523. The lowest BCUT2D eigenvalue weighted by molar-refractivity contribution is 0.436. The molecule has 6 heteroatoms. The molecule has 0 fully saturated rings. The molecule has 1 aromatic carbocycles. The van der Waals surface area contributed by atoms with Gasteiger partial charge in [0.25, 0.3) is 0 Å². The third-order valence-electron chi connectivity index (χ3n) is 2.31. The monoisotopic (exact) mass is 273 g/mol. The van der Waals surface area contributed by atoms with Crippen LogP contribution in [0.25, 0.3) is 0 Å². The van der Waals surface area contributed by atoms with Gasteiger partial charge in [0.05, 0.1) is 0 Å². The van der Waals surface area contributed by atoms with E-state index in [4.69, 9.17) is 0 Å². The van der Waals surface area contributed by atoms with E-state index in [-0.39, 0.29) is 16.7 Å². The SMILES string of the molecule is CCCc1cc(O)cc(O)c1S(=O)(=O)NC(C)C. The Morgan fingerprint density at radius 1 is 1.28 bits per heavy atom. The molecule has 0 bridgehead atoms. The second-order valence-corrected chi connectivity index (χ2v) is 6.13. The highest BCUT2D eigenvalue weighted by Crippen LogP contribution is 2.32. The zero-order chi connectivity index (χ0) is 13.9. The molecule has 1 aromatic rings. The highest BCUT2D eigenvalue weighted by molar-refractivity contribution is 7.89. The van der Waals surface area contributed by atoms with Crippen LogP contribution in [0.1, 0.15) is 32.8 Å². The van der Waals surface area contributed by atoms with Crippen molar-refractivity contribution in [2.24, 2.45) is 0 Å². The fraction of sp³-hybridized carbons (Fsp3) is 0.500. The maximum Gasteiger partial charge on any atom is 0.244 e. The highest BCUT2D eigenvalue weighted by atomic mass is 32.2. The average Bonchev–Trinajstić information content (AvgIpc) is 2.13. The Hall–Kier alpha value is -1.27. The van der Waals surface area contributed by atoms with Crippen LogP contribution in [0.15, 0.2) is 17.0 Å². The van der Waals surface area contributed by atoms with E-state index < -0.39 is 15.8 Å². The van der Waals surface area contributed by atoms with Crippen molar-refractivity contribution < 1.29 is 18.6 Å². The Labute approximate surface area is 108 Å². The summed E-state index contributed by atoms with van der Waals surface area (Å²) in [6.07, 6.45) is 1.18. The minimum absolute atomic E-state index is 0.139. The van der Waals surface area contributed by atoms with Crippen molar-refractivity contribution in [1.29, 1.82) is 0 Å². The molecule has 0 aliphatic heterocycles. The van der Waals surface area contributed by atoms with E-state index in [2.05, 4.69) is 4.72 Å². The van der Waals surface area contributed by atoms with Gasteiger partial charge < -0.3 is 10.2 Å². The van der Waals surface area contributed by atoms with Crippen molar-refractivity contribution in [3.8, 4) is 11.5 Å². The Morgan fingerprint density at radius 3 is 2.39 bits per heavy atom. The van der Waals surface area contributed by atoms with E-state index in [1.807, 2.05) is 6.92 Å². The van der Waals surface area contributed by atoms with E-state index in [1.54, 1.807) is 13.8 Å².